The average molecular weight is 234 g/mol. The normalized spacial score (nSPS) is 9.31. The zero-order valence-electron chi connectivity index (χ0n) is 9.23. The second-order valence-electron chi connectivity index (χ2n) is 2.56. The summed E-state index contributed by atoms with van der Waals surface area (Å²) in [5.41, 5.74) is 0. The molecule has 4 nitrogen and oxygen atoms in total. The molecule has 0 rings (SSSR count). The summed E-state index contributed by atoms with van der Waals surface area (Å²) in [4.78, 5) is 12.7. The molecule has 0 radical (unpaired) electrons. The Morgan fingerprint density at radius 1 is 1.46 bits per heavy atom. The molecule has 0 saturated carbocycles. The first-order valence-electron chi connectivity index (χ1n) is 3.53. The van der Waals surface area contributed by atoms with Crippen molar-refractivity contribution in [2.24, 2.45) is 0 Å². The molecule has 0 aromatic heterocycles. The van der Waals surface area contributed by atoms with E-state index in [9.17, 15) is 4.79 Å². The molecule has 0 saturated heterocycles. The van der Waals surface area contributed by atoms with E-state index in [1.165, 1.54) is 0 Å². The van der Waals surface area contributed by atoms with Crippen LogP contribution in [-0.4, -0.2) is 42.0 Å². The van der Waals surface area contributed by atoms with Crippen LogP contribution >= 0.6 is 25.6 Å². The van der Waals surface area contributed by atoms with Crippen LogP contribution in [0.15, 0.2) is 0 Å². The van der Waals surface area contributed by atoms with Crippen LogP contribution in [0.3, 0.4) is 0 Å². The molecule has 0 aliphatic carbocycles. The van der Waals surface area contributed by atoms with Gasteiger partial charge in [-0.3, -0.25) is 0 Å². The van der Waals surface area contributed by atoms with Gasteiger partial charge in [0, 0.05) is 6.54 Å². The third kappa shape index (κ3) is 10.9. The zero-order chi connectivity index (χ0) is 9.56. The number of thiol groups is 2. The van der Waals surface area contributed by atoms with Gasteiger partial charge < -0.3 is 11.1 Å². The average Bonchev–Trinajstić information content (AvgIpc) is 1.97. The Morgan fingerprint density at radius 3 is 2.38 bits per heavy atom. The molecule has 0 fully saturated rings. The molecule has 7 heteroatoms. The molecule has 0 aromatic rings. The van der Waals surface area contributed by atoms with Crippen molar-refractivity contribution in [1.82, 2.24) is 8.61 Å². The molecule has 0 bridgehead atoms. The summed E-state index contributed by atoms with van der Waals surface area (Å²) in [6.07, 6.45) is 0.272. The molecule has 74 valence electrons. The van der Waals surface area contributed by atoms with Crippen molar-refractivity contribution >= 4 is 31.7 Å². The van der Waals surface area contributed by atoms with Crippen molar-refractivity contribution in [2.75, 3.05) is 27.2 Å². The summed E-state index contributed by atoms with van der Waals surface area (Å²) in [5.74, 6) is 0. The zero-order valence-corrected chi connectivity index (χ0v) is 12.0. The van der Waals surface area contributed by atoms with Gasteiger partial charge in [-0.25, -0.2) is 4.79 Å². The fraction of sp³-hybridized carbons (Fsp3) is 0.833. The first-order valence-corrected chi connectivity index (χ1v) is 4.33. The first kappa shape index (κ1) is 16.4. The summed E-state index contributed by atoms with van der Waals surface area (Å²) in [6.45, 7) is 1.29. The number of ether oxygens (including phenoxy) is 1. The van der Waals surface area contributed by atoms with Crippen LogP contribution in [0.4, 0.5) is 4.79 Å². The first-order chi connectivity index (χ1) is 5.54. The second-order valence-corrected chi connectivity index (χ2v) is 3.68. The molecule has 0 atom stereocenters. The van der Waals surface area contributed by atoms with Gasteiger partial charge >= 0.3 is 35.7 Å². The second kappa shape index (κ2) is 9.48. The summed E-state index contributed by atoms with van der Waals surface area (Å²) in [6, 6.07) is 0. The van der Waals surface area contributed by atoms with Gasteiger partial charge in [0.25, 0.3) is 0 Å². The number of nitrogens with zero attached hydrogens (tertiary/aromatic N) is 2. The van der Waals surface area contributed by atoms with Crippen molar-refractivity contribution < 1.29 is 40.5 Å². The maximum absolute atomic E-state index is 10.7. The fourth-order valence-electron chi connectivity index (χ4n) is 0.598. The molecule has 0 heterocycles. The van der Waals surface area contributed by atoms with Gasteiger partial charge in [0.1, 0.15) is 0 Å². The van der Waals surface area contributed by atoms with E-state index >= 15 is 0 Å². The number of carbonyl (C=O) groups excluding carboxylic acids is 1. The van der Waals surface area contributed by atoms with Crippen molar-refractivity contribution in [3.63, 3.8) is 0 Å². The Balaban J connectivity index is -0.000000605. The molecule has 0 aromatic carbocycles. The molecular weight excluding hydrogens is 219 g/mol. The van der Waals surface area contributed by atoms with Crippen LogP contribution in [0.5, 0.6) is 0 Å². The van der Waals surface area contributed by atoms with E-state index in [2.05, 4.69) is 25.6 Å². The third-order valence-electron chi connectivity index (χ3n) is 1.14. The van der Waals surface area contributed by atoms with Gasteiger partial charge in [-0.05, 0) is 46.1 Å². The van der Waals surface area contributed by atoms with E-state index in [0.717, 1.165) is 16.7 Å². The Kier molecular flexibility index (Phi) is 11.9. The van der Waals surface area contributed by atoms with E-state index in [4.69, 9.17) is 4.74 Å². The molecule has 0 N–H and O–H groups in total. The maximum atomic E-state index is 10.7. The van der Waals surface area contributed by atoms with E-state index < -0.39 is 6.09 Å². The molecule has 0 aliphatic heterocycles. The van der Waals surface area contributed by atoms with E-state index in [1.54, 1.807) is 0 Å². The Hall–Kier alpha value is 0.930. The number of rotatable bonds is 4. The molecule has 0 unspecified atom stereocenters. The smallest absolute Gasteiger partial charge is 1.00 e. The monoisotopic (exact) mass is 234 g/mol. The van der Waals surface area contributed by atoms with Crippen LogP contribution < -0.4 is 29.6 Å². The minimum Gasteiger partial charge on any atom is -1.00 e. The summed E-state index contributed by atoms with van der Waals surface area (Å²) >= 11 is 7.30. The summed E-state index contributed by atoms with van der Waals surface area (Å²) in [7, 11) is 3.93. The summed E-state index contributed by atoms with van der Waals surface area (Å²) in [5, 5.41) is 0. The Labute approximate surface area is 114 Å². The number of amides is 1. The summed E-state index contributed by atoms with van der Waals surface area (Å²) < 4.78 is 5.58. The third-order valence-corrected chi connectivity index (χ3v) is 1.47. The molecule has 0 spiro atoms. The van der Waals surface area contributed by atoms with Crippen LogP contribution in [0, 0.1) is 0 Å². The topological polar surface area (TPSA) is 32.8 Å². The Bertz CT molecular complexity index is 152. The van der Waals surface area contributed by atoms with Gasteiger partial charge in [-0.2, -0.15) is 3.71 Å². The predicted molar refractivity (Wildman–Crippen MR) is 55.4 cm³/mol. The van der Waals surface area contributed by atoms with Crippen LogP contribution in [0.1, 0.15) is 7.85 Å². The molecule has 1 amide bonds. The van der Waals surface area contributed by atoms with E-state index in [1.807, 2.05) is 19.0 Å². The predicted octanol–water partition coefficient (Wildman–Crippen LogP) is -1.82. The van der Waals surface area contributed by atoms with E-state index in [0.29, 0.717) is 6.61 Å². The van der Waals surface area contributed by atoms with Crippen LogP contribution in [-0.2, 0) is 4.74 Å². The van der Waals surface area contributed by atoms with Crippen LogP contribution in [0.2, 0.25) is 0 Å². The van der Waals surface area contributed by atoms with Crippen molar-refractivity contribution in [3.8, 4) is 0 Å². The number of hydrogen-bond acceptors (Lipinski definition) is 5. The Morgan fingerprint density at radius 2 is 2.00 bits per heavy atom. The maximum Gasteiger partial charge on any atom is 1.00 e. The molecular formula is C6H15N2NaO2S2. The number of hydrogen-bond donors (Lipinski definition) is 2. The standard InChI is InChI=1S/C6H14N2O2S2.Na.H/c1-7(2)4-3-5-10-6(9)8(11)12;;/h11-12H,3-5H2,1-2H3;;/q;+1;-1. The van der Waals surface area contributed by atoms with Crippen LogP contribution in [0.25, 0.3) is 0 Å². The quantitative estimate of drug-likeness (QED) is 0.341. The minimum absolute atomic E-state index is 0. The molecule has 0 aliphatic rings. The molecule has 13 heavy (non-hydrogen) atoms. The van der Waals surface area contributed by atoms with Crippen molar-refractivity contribution in [2.45, 2.75) is 6.42 Å². The van der Waals surface area contributed by atoms with E-state index in [-0.39, 0.29) is 31.0 Å². The largest absolute Gasteiger partial charge is 1.00 e. The van der Waals surface area contributed by atoms with Gasteiger partial charge in [0.2, 0.25) is 0 Å². The van der Waals surface area contributed by atoms with Crippen molar-refractivity contribution in [3.05, 3.63) is 0 Å². The van der Waals surface area contributed by atoms with Gasteiger partial charge in [0.05, 0.1) is 6.61 Å². The minimum atomic E-state index is -0.541. The SMILES string of the molecule is CN(C)CCCOC(=O)N(S)S.[H-].[Na+]. The van der Waals surface area contributed by atoms with Crippen molar-refractivity contribution in [1.29, 1.82) is 0 Å². The fourth-order valence-corrected chi connectivity index (χ4v) is 0.713. The van der Waals surface area contributed by atoms with Gasteiger partial charge in [0.15, 0.2) is 0 Å². The van der Waals surface area contributed by atoms with Gasteiger partial charge in [-0.15, -0.1) is 0 Å². The van der Waals surface area contributed by atoms with Gasteiger partial charge in [-0.1, -0.05) is 0 Å². The number of carbonyl (C=O) groups is 1.